The number of H-pyrrole nitrogens is 1. The second-order valence-electron chi connectivity index (χ2n) is 6.51. The van der Waals surface area contributed by atoms with Crippen molar-refractivity contribution in [2.75, 3.05) is 34.5 Å². The van der Waals surface area contributed by atoms with Gasteiger partial charge in [0.25, 0.3) is 5.56 Å². The lowest BCUT2D eigenvalue weighted by Gasteiger charge is -2.10. The maximum Gasteiger partial charge on any atom is 0.348 e. The summed E-state index contributed by atoms with van der Waals surface area (Å²) in [6.07, 6.45) is 1.58. The number of methoxy groups -OCH3 is 3. The Morgan fingerprint density at radius 1 is 1.22 bits per heavy atom. The van der Waals surface area contributed by atoms with Crippen LogP contribution in [0.25, 0.3) is 21.3 Å². The number of fused-ring (bicyclic) bond motifs is 1. The van der Waals surface area contributed by atoms with E-state index in [2.05, 4.69) is 9.97 Å². The lowest BCUT2D eigenvalue weighted by Crippen LogP contribution is -2.11. The number of hydrogen-bond acceptors (Lipinski definition) is 8. The van der Waals surface area contributed by atoms with Crippen LogP contribution in [0, 0.1) is 6.92 Å². The van der Waals surface area contributed by atoms with Crippen LogP contribution >= 0.6 is 34.5 Å². The third-order valence-electron chi connectivity index (χ3n) is 4.48. The molecule has 0 saturated heterocycles. The predicted molar refractivity (Wildman–Crippen MR) is 125 cm³/mol. The van der Waals surface area contributed by atoms with Gasteiger partial charge in [-0.1, -0.05) is 23.2 Å². The molecule has 0 atom stereocenters. The van der Waals surface area contributed by atoms with Crippen molar-refractivity contribution in [3.63, 3.8) is 0 Å². The average Bonchev–Trinajstić information content (AvgIpc) is 3.10. The zero-order valence-corrected chi connectivity index (χ0v) is 20.0. The summed E-state index contributed by atoms with van der Waals surface area (Å²) in [7, 11) is 4.49. The Bertz CT molecular complexity index is 1250. The zero-order valence-electron chi connectivity index (χ0n) is 17.7. The topological polar surface area (TPSA) is 99.7 Å². The highest BCUT2D eigenvalue weighted by Gasteiger charge is 2.21. The molecule has 0 saturated carbocycles. The van der Waals surface area contributed by atoms with Crippen molar-refractivity contribution in [3.8, 4) is 11.5 Å². The highest BCUT2D eigenvalue weighted by atomic mass is 35.5. The van der Waals surface area contributed by atoms with E-state index in [4.69, 9.17) is 42.1 Å². The van der Waals surface area contributed by atoms with Crippen molar-refractivity contribution < 1.29 is 23.7 Å². The van der Waals surface area contributed by atoms with E-state index in [0.717, 1.165) is 11.3 Å². The first-order valence-electron chi connectivity index (χ1n) is 9.29. The van der Waals surface area contributed by atoms with Gasteiger partial charge in [0.05, 0.1) is 36.3 Å². The molecular weight excluding hydrogens is 479 g/mol. The Hall–Kier alpha value is -2.59. The molecule has 2 heterocycles. The molecule has 0 amide bonds. The molecule has 0 spiro atoms. The van der Waals surface area contributed by atoms with Gasteiger partial charge in [0, 0.05) is 7.11 Å². The number of rotatable bonds is 8. The van der Waals surface area contributed by atoms with Crippen LogP contribution in [0.1, 0.15) is 26.6 Å². The fourth-order valence-corrected chi connectivity index (χ4v) is 4.56. The number of nitrogens with one attached hydrogen (secondary N) is 1. The van der Waals surface area contributed by atoms with E-state index in [1.54, 1.807) is 25.1 Å². The Morgan fingerprint density at radius 2 is 1.97 bits per heavy atom. The van der Waals surface area contributed by atoms with Gasteiger partial charge < -0.3 is 23.9 Å². The molecule has 8 nitrogen and oxygen atoms in total. The maximum absolute atomic E-state index is 12.7. The van der Waals surface area contributed by atoms with Crippen molar-refractivity contribution in [1.82, 2.24) is 9.97 Å². The van der Waals surface area contributed by atoms with Crippen LogP contribution in [0.4, 0.5) is 0 Å². The van der Waals surface area contributed by atoms with Crippen LogP contribution in [0.5, 0.6) is 11.5 Å². The van der Waals surface area contributed by atoms with Gasteiger partial charge >= 0.3 is 5.97 Å². The molecule has 0 bridgehead atoms. The molecule has 1 aromatic carbocycles. The van der Waals surface area contributed by atoms with E-state index >= 15 is 0 Å². The number of ether oxygens (including phenoxy) is 4. The zero-order chi connectivity index (χ0) is 23.4. The van der Waals surface area contributed by atoms with E-state index < -0.39 is 11.5 Å². The van der Waals surface area contributed by atoms with E-state index in [-0.39, 0.29) is 24.1 Å². The lowest BCUT2D eigenvalue weighted by molar-refractivity contribution is 0.0393. The van der Waals surface area contributed by atoms with Crippen molar-refractivity contribution in [2.45, 2.75) is 6.92 Å². The van der Waals surface area contributed by atoms with Crippen molar-refractivity contribution >= 4 is 61.8 Å². The van der Waals surface area contributed by atoms with E-state index in [1.165, 1.54) is 21.3 Å². The predicted octanol–water partition coefficient (Wildman–Crippen LogP) is 4.50. The van der Waals surface area contributed by atoms with Gasteiger partial charge in [-0.15, -0.1) is 11.3 Å². The highest BCUT2D eigenvalue weighted by molar-refractivity contribution is 7.20. The normalized spacial score (nSPS) is 11.6. The van der Waals surface area contributed by atoms with Crippen LogP contribution in [0.2, 0.25) is 5.02 Å². The molecule has 0 unspecified atom stereocenters. The Balaban J connectivity index is 2.00. The molecule has 0 aliphatic rings. The number of nitrogens with zero attached hydrogens (tertiary/aromatic N) is 1. The monoisotopic (exact) mass is 498 g/mol. The summed E-state index contributed by atoms with van der Waals surface area (Å²) in [4.78, 5) is 32.8. The Morgan fingerprint density at radius 3 is 2.62 bits per heavy atom. The van der Waals surface area contributed by atoms with E-state index in [9.17, 15) is 9.59 Å². The minimum absolute atomic E-state index is 0.112. The number of aryl methyl sites for hydroxylation is 1. The molecule has 32 heavy (non-hydrogen) atoms. The molecule has 170 valence electrons. The van der Waals surface area contributed by atoms with Crippen LogP contribution in [-0.2, 0) is 9.47 Å². The number of benzene rings is 1. The standard InChI is InChI=1S/C21H20Cl2N2O6S/c1-10-15-19(26)24-18(25-20(15)32-17(10)21(27)31-6-5-28-2)13(23)8-11-7-12(22)16(30-4)14(9-11)29-3/h7-9H,5-6H2,1-4H3,(H,24,25,26)/b13-8-. The van der Waals surface area contributed by atoms with Gasteiger partial charge in [-0.3, -0.25) is 4.79 Å². The largest absolute Gasteiger partial charge is 0.493 e. The molecule has 0 aliphatic carbocycles. The second kappa shape index (κ2) is 10.4. The summed E-state index contributed by atoms with van der Waals surface area (Å²) in [6.45, 7) is 2.06. The Kier molecular flexibility index (Phi) is 7.78. The number of aromatic amines is 1. The number of esters is 1. The fourth-order valence-electron chi connectivity index (χ4n) is 2.97. The number of carbonyl (C=O) groups excluding carboxylic acids is 1. The van der Waals surface area contributed by atoms with Crippen molar-refractivity contribution in [1.29, 1.82) is 0 Å². The number of halogens is 2. The molecule has 3 aromatic rings. The van der Waals surface area contributed by atoms with Gasteiger partial charge in [0.2, 0.25) is 0 Å². The Labute approximate surface area is 197 Å². The number of aromatic nitrogens is 2. The summed E-state index contributed by atoms with van der Waals surface area (Å²) >= 11 is 13.7. The molecule has 1 N–H and O–H groups in total. The fraction of sp³-hybridized carbons (Fsp3) is 0.286. The molecular formula is C21H20Cl2N2O6S. The summed E-state index contributed by atoms with van der Waals surface area (Å²) in [5.41, 5.74) is 0.705. The molecule has 0 fully saturated rings. The summed E-state index contributed by atoms with van der Waals surface area (Å²) in [6, 6.07) is 3.33. The van der Waals surface area contributed by atoms with Gasteiger partial charge in [-0.25, -0.2) is 9.78 Å². The average molecular weight is 499 g/mol. The molecule has 3 rings (SSSR count). The third kappa shape index (κ3) is 4.91. The summed E-state index contributed by atoms with van der Waals surface area (Å²) < 4.78 is 20.6. The first-order chi connectivity index (χ1) is 15.3. The highest BCUT2D eigenvalue weighted by Crippen LogP contribution is 2.37. The van der Waals surface area contributed by atoms with Crippen LogP contribution in [-0.4, -0.2) is 50.5 Å². The third-order valence-corrected chi connectivity index (χ3v) is 6.22. The second-order valence-corrected chi connectivity index (χ2v) is 8.32. The number of carbonyl (C=O) groups is 1. The molecule has 2 aromatic heterocycles. The van der Waals surface area contributed by atoms with Gasteiger partial charge in [-0.05, 0) is 36.3 Å². The van der Waals surface area contributed by atoms with Gasteiger partial charge in [0.15, 0.2) is 17.3 Å². The molecule has 11 heteroatoms. The van der Waals surface area contributed by atoms with Crippen LogP contribution in [0.3, 0.4) is 0 Å². The molecule has 0 aliphatic heterocycles. The van der Waals surface area contributed by atoms with Gasteiger partial charge in [0.1, 0.15) is 16.3 Å². The minimum atomic E-state index is -0.537. The van der Waals surface area contributed by atoms with Crippen LogP contribution < -0.4 is 15.0 Å². The summed E-state index contributed by atoms with van der Waals surface area (Å²) in [5.74, 6) is 0.438. The van der Waals surface area contributed by atoms with E-state index in [0.29, 0.717) is 42.7 Å². The molecule has 0 radical (unpaired) electrons. The first kappa shape index (κ1) is 24.1. The SMILES string of the molecule is COCCOC(=O)c1sc2nc(/C(Cl)=C/c3cc(Cl)c(OC)c(OC)c3)[nH]c(=O)c2c1C. The van der Waals surface area contributed by atoms with Gasteiger partial charge in [-0.2, -0.15) is 0 Å². The van der Waals surface area contributed by atoms with Crippen molar-refractivity contribution in [2.24, 2.45) is 0 Å². The number of thiophene rings is 1. The van der Waals surface area contributed by atoms with E-state index in [1.807, 2.05) is 0 Å². The lowest BCUT2D eigenvalue weighted by atomic mass is 10.1. The van der Waals surface area contributed by atoms with Crippen molar-refractivity contribution in [3.05, 3.63) is 49.3 Å². The smallest absolute Gasteiger partial charge is 0.348 e. The van der Waals surface area contributed by atoms with Crippen LogP contribution in [0.15, 0.2) is 16.9 Å². The minimum Gasteiger partial charge on any atom is -0.493 e. The first-order valence-corrected chi connectivity index (χ1v) is 10.9. The summed E-state index contributed by atoms with van der Waals surface area (Å²) in [5, 5.41) is 0.823. The maximum atomic E-state index is 12.7. The quantitative estimate of drug-likeness (QED) is 0.360. The number of hydrogen-bond donors (Lipinski definition) is 1.